The summed E-state index contributed by atoms with van der Waals surface area (Å²) in [5, 5.41) is 3.52. The van der Waals surface area contributed by atoms with E-state index in [1.807, 2.05) is 6.07 Å². The van der Waals surface area contributed by atoms with Crippen LogP contribution in [0.4, 0.5) is 5.69 Å². The highest BCUT2D eigenvalue weighted by molar-refractivity contribution is 9.10. The van der Waals surface area contributed by atoms with Crippen LogP contribution in [0.3, 0.4) is 0 Å². The highest BCUT2D eigenvalue weighted by atomic mass is 79.9. The minimum absolute atomic E-state index is 0.977. The number of hydrogen-bond donors (Lipinski definition) is 1. The standard InChI is InChI=1S/C18H21BrN2/c19-17-9-3-4-10-18(17)20-11-13-21-12-5-8-15-6-1-2-7-16(15)14-21/h1-4,6-7,9-10,20H,5,8,11-14H2. The molecule has 0 unspecified atom stereocenters. The average Bonchev–Trinajstić information content (AvgIpc) is 2.71. The molecule has 0 aliphatic carbocycles. The quantitative estimate of drug-likeness (QED) is 0.888. The number of rotatable bonds is 4. The fourth-order valence-electron chi connectivity index (χ4n) is 2.91. The van der Waals surface area contributed by atoms with Gasteiger partial charge < -0.3 is 5.32 Å². The zero-order valence-electron chi connectivity index (χ0n) is 12.2. The van der Waals surface area contributed by atoms with Gasteiger partial charge in [-0.3, -0.25) is 4.90 Å². The van der Waals surface area contributed by atoms with Gasteiger partial charge in [0.1, 0.15) is 0 Å². The maximum absolute atomic E-state index is 3.58. The van der Waals surface area contributed by atoms with E-state index in [-0.39, 0.29) is 0 Å². The summed E-state index contributed by atoms with van der Waals surface area (Å²) in [5.74, 6) is 0. The first-order chi connectivity index (χ1) is 10.3. The molecule has 3 rings (SSSR count). The number of aryl methyl sites for hydroxylation is 1. The van der Waals surface area contributed by atoms with Gasteiger partial charge in [-0.1, -0.05) is 36.4 Å². The predicted octanol–water partition coefficient (Wildman–Crippen LogP) is 4.31. The van der Waals surface area contributed by atoms with Crippen molar-refractivity contribution in [2.24, 2.45) is 0 Å². The summed E-state index contributed by atoms with van der Waals surface area (Å²) in [6.45, 7) is 4.32. The largest absolute Gasteiger partial charge is 0.383 e. The molecule has 0 bridgehead atoms. The van der Waals surface area contributed by atoms with Gasteiger partial charge in [0.15, 0.2) is 0 Å². The van der Waals surface area contributed by atoms with Crippen LogP contribution in [-0.4, -0.2) is 24.5 Å². The maximum atomic E-state index is 3.58. The number of benzene rings is 2. The third kappa shape index (κ3) is 3.86. The van der Waals surface area contributed by atoms with Gasteiger partial charge in [0.05, 0.1) is 0 Å². The van der Waals surface area contributed by atoms with Crippen LogP contribution in [0.2, 0.25) is 0 Å². The average molecular weight is 345 g/mol. The van der Waals surface area contributed by atoms with Crippen molar-refractivity contribution in [2.45, 2.75) is 19.4 Å². The summed E-state index contributed by atoms with van der Waals surface area (Å²) in [6, 6.07) is 17.2. The lowest BCUT2D eigenvalue weighted by atomic mass is 10.0. The van der Waals surface area contributed by atoms with Gasteiger partial charge in [0, 0.05) is 29.8 Å². The Morgan fingerprint density at radius 3 is 2.62 bits per heavy atom. The third-order valence-corrected chi connectivity index (χ3v) is 4.74. The summed E-state index contributed by atoms with van der Waals surface area (Å²) < 4.78 is 1.13. The molecule has 110 valence electrons. The molecule has 21 heavy (non-hydrogen) atoms. The van der Waals surface area contributed by atoms with Gasteiger partial charge in [-0.15, -0.1) is 0 Å². The predicted molar refractivity (Wildman–Crippen MR) is 92.7 cm³/mol. The van der Waals surface area contributed by atoms with E-state index < -0.39 is 0 Å². The number of fused-ring (bicyclic) bond motifs is 1. The Kier molecular flexibility index (Phi) is 4.94. The van der Waals surface area contributed by atoms with Crippen LogP contribution in [0.5, 0.6) is 0 Å². The van der Waals surface area contributed by atoms with Crippen LogP contribution >= 0.6 is 15.9 Å². The smallest absolute Gasteiger partial charge is 0.0485 e. The molecule has 0 fully saturated rings. The number of para-hydroxylation sites is 1. The molecule has 0 spiro atoms. The van der Waals surface area contributed by atoms with Crippen LogP contribution in [0.15, 0.2) is 53.0 Å². The molecular weight excluding hydrogens is 324 g/mol. The van der Waals surface area contributed by atoms with Gasteiger partial charge in [0.25, 0.3) is 0 Å². The lowest BCUT2D eigenvalue weighted by molar-refractivity contribution is 0.280. The molecular formula is C18H21BrN2. The Morgan fingerprint density at radius 2 is 1.76 bits per heavy atom. The number of hydrogen-bond acceptors (Lipinski definition) is 2. The molecule has 1 aliphatic rings. The fourth-order valence-corrected chi connectivity index (χ4v) is 3.34. The zero-order chi connectivity index (χ0) is 14.5. The maximum Gasteiger partial charge on any atom is 0.0485 e. The highest BCUT2D eigenvalue weighted by Gasteiger charge is 2.13. The number of nitrogens with one attached hydrogen (secondary N) is 1. The third-order valence-electron chi connectivity index (χ3n) is 4.05. The van der Waals surface area contributed by atoms with Crippen molar-refractivity contribution in [2.75, 3.05) is 25.0 Å². The van der Waals surface area contributed by atoms with E-state index in [1.54, 1.807) is 0 Å². The van der Waals surface area contributed by atoms with Crippen molar-refractivity contribution in [3.05, 3.63) is 64.1 Å². The van der Waals surface area contributed by atoms with Gasteiger partial charge in [-0.05, 0) is 58.6 Å². The van der Waals surface area contributed by atoms with E-state index in [0.29, 0.717) is 0 Å². The van der Waals surface area contributed by atoms with E-state index in [9.17, 15) is 0 Å². The van der Waals surface area contributed by atoms with Crippen LogP contribution < -0.4 is 5.32 Å². The first-order valence-corrected chi connectivity index (χ1v) is 8.40. The Balaban J connectivity index is 1.55. The lowest BCUT2D eigenvalue weighted by Gasteiger charge is -2.21. The van der Waals surface area contributed by atoms with Crippen LogP contribution in [-0.2, 0) is 13.0 Å². The fraction of sp³-hybridized carbons (Fsp3) is 0.333. The van der Waals surface area contributed by atoms with E-state index >= 15 is 0 Å². The van der Waals surface area contributed by atoms with Crippen molar-refractivity contribution >= 4 is 21.6 Å². The van der Waals surface area contributed by atoms with Crippen LogP contribution in [0.1, 0.15) is 17.5 Å². The molecule has 0 radical (unpaired) electrons. The minimum atomic E-state index is 0.977. The molecule has 2 nitrogen and oxygen atoms in total. The lowest BCUT2D eigenvalue weighted by Crippen LogP contribution is -2.29. The number of nitrogens with zero attached hydrogens (tertiary/aromatic N) is 1. The second kappa shape index (κ2) is 7.10. The molecule has 0 aromatic heterocycles. The monoisotopic (exact) mass is 344 g/mol. The van der Waals surface area contributed by atoms with E-state index in [4.69, 9.17) is 0 Å². The molecule has 2 aromatic carbocycles. The van der Waals surface area contributed by atoms with Gasteiger partial charge in [-0.25, -0.2) is 0 Å². The van der Waals surface area contributed by atoms with Crippen molar-refractivity contribution in [1.82, 2.24) is 4.90 Å². The number of anilines is 1. The Bertz CT molecular complexity index is 597. The number of halogens is 1. The normalized spacial score (nSPS) is 15.3. The molecule has 1 aliphatic heterocycles. The Morgan fingerprint density at radius 1 is 1.00 bits per heavy atom. The topological polar surface area (TPSA) is 15.3 Å². The molecule has 0 atom stereocenters. The van der Waals surface area contributed by atoms with Gasteiger partial charge in [-0.2, -0.15) is 0 Å². The van der Waals surface area contributed by atoms with E-state index in [2.05, 4.69) is 68.6 Å². The van der Waals surface area contributed by atoms with E-state index in [1.165, 1.54) is 36.2 Å². The molecule has 0 saturated heterocycles. The summed E-state index contributed by atoms with van der Waals surface area (Å²) in [7, 11) is 0. The van der Waals surface area contributed by atoms with Crippen molar-refractivity contribution in [3.63, 3.8) is 0 Å². The molecule has 3 heteroatoms. The Labute approximate surface area is 135 Å². The van der Waals surface area contributed by atoms with Crippen molar-refractivity contribution in [3.8, 4) is 0 Å². The molecule has 2 aromatic rings. The van der Waals surface area contributed by atoms with E-state index in [0.717, 1.165) is 24.1 Å². The summed E-state index contributed by atoms with van der Waals surface area (Å²) >= 11 is 3.58. The van der Waals surface area contributed by atoms with Crippen molar-refractivity contribution in [1.29, 1.82) is 0 Å². The zero-order valence-corrected chi connectivity index (χ0v) is 13.8. The first-order valence-electron chi connectivity index (χ1n) is 7.60. The van der Waals surface area contributed by atoms with Gasteiger partial charge in [0.2, 0.25) is 0 Å². The molecule has 0 amide bonds. The minimum Gasteiger partial charge on any atom is -0.383 e. The van der Waals surface area contributed by atoms with Crippen LogP contribution in [0.25, 0.3) is 0 Å². The molecule has 1 heterocycles. The first kappa shape index (κ1) is 14.6. The van der Waals surface area contributed by atoms with Gasteiger partial charge >= 0.3 is 0 Å². The summed E-state index contributed by atoms with van der Waals surface area (Å²) in [4.78, 5) is 2.55. The SMILES string of the molecule is Brc1ccccc1NCCN1CCCc2ccccc2C1. The summed E-state index contributed by atoms with van der Waals surface area (Å²) in [6.07, 6.45) is 2.47. The second-order valence-corrected chi connectivity index (χ2v) is 6.41. The summed E-state index contributed by atoms with van der Waals surface area (Å²) in [5.41, 5.74) is 4.20. The molecule has 0 saturated carbocycles. The Hall–Kier alpha value is -1.32. The van der Waals surface area contributed by atoms with Crippen molar-refractivity contribution < 1.29 is 0 Å². The van der Waals surface area contributed by atoms with Crippen LogP contribution in [0, 0.1) is 0 Å². The highest BCUT2D eigenvalue weighted by Crippen LogP contribution is 2.21. The second-order valence-electron chi connectivity index (χ2n) is 5.56. The molecule has 1 N–H and O–H groups in total.